The van der Waals surface area contributed by atoms with E-state index in [-0.39, 0.29) is 28.3 Å². The SMILES string of the molecule is CCOc1cc([C@@H]2c3c(oc4ccccc4c3=O)C(=O)N2c2nc3ccc(C)cc3s2)ccc1O. The highest BCUT2D eigenvalue weighted by Crippen LogP contribution is 2.45. The van der Waals surface area contributed by atoms with E-state index >= 15 is 0 Å². The summed E-state index contributed by atoms with van der Waals surface area (Å²) in [4.78, 5) is 33.7. The van der Waals surface area contributed by atoms with Crippen LogP contribution in [-0.2, 0) is 0 Å². The molecule has 0 bridgehead atoms. The van der Waals surface area contributed by atoms with Crippen molar-refractivity contribution in [1.29, 1.82) is 0 Å². The van der Waals surface area contributed by atoms with Crippen molar-refractivity contribution in [2.45, 2.75) is 19.9 Å². The van der Waals surface area contributed by atoms with Crippen molar-refractivity contribution in [3.05, 3.63) is 93.3 Å². The van der Waals surface area contributed by atoms with Crippen molar-refractivity contribution < 1.29 is 19.1 Å². The number of aryl methyl sites for hydroxylation is 1. The summed E-state index contributed by atoms with van der Waals surface area (Å²) in [7, 11) is 0. The van der Waals surface area contributed by atoms with Crippen LogP contribution in [0.1, 0.15) is 40.2 Å². The van der Waals surface area contributed by atoms with Crippen LogP contribution in [-0.4, -0.2) is 22.6 Å². The molecule has 0 saturated carbocycles. The Balaban J connectivity index is 1.63. The zero-order chi connectivity index (χ0) is 24.3. The van der Waals surface area contributed by atoms with Gasteiger partial charge in [-0.2, -0.15) is 0 Å². The Labute approximate surface area is 203 Å². The van der Waals surface area contributed by atoms with Crippen molar-refractivity contribution in [3.63, 3.8) is 0 Å². The zero-order valence-electron chi connectivity index (χ0n) is 18.9. The molecule has 2 aromatic heterocycles. The average molecular weight is 485 g/mol. The minimum atomic E-state index is -0.792. The van der Waals surface area contributed by atoms with Gasteiger partial charge >= 0.3 is 0 Å². The molecular weight excluding hydrogens is 464 g/mol. The first-order valence-corrected chi connectivity index (χ1v) is 12.0. The maximum absolute atomic E-state index is 13.8. The van der Waals surface area contributed by atoms with Gasteiger partial charge in [0.05, 0.1) is 33.8 Å². The third-order valence-electron chi connectivity index (χ3n) is 6.12. The molecule has 3 heterocycles. The van der Waals surface area contributed by atoms with E-state index in [0.717, 1.165) is 15.8 Å². The molecule has 0 aliphatic carbocycles. The lowest BCUT2D eigenvalue weighted by molar-refractivity contribution is 0.0971. The third kappa shape index (κ3) is 3.29. The molecule has 35 heavy (non-hydrogen) atoms. The van der Waals surface area contributed by atoms with Crippen LogP contribution in [0.15, 0.2) is 69.9 Å². The van der Waals surface area contributed by atoms with Crippen LogP contribution >= 0.6 is 11.3 Å². The van der Waals surface area contributed by atoms with Crippen LogP contribution < -0.4 is 15.1 Å². The molecule has 7 nitrogen and oxygen atoms in total. The lowest BCUT2D eigenvalue weighted by atomic mass is 9.98. The second kappa shape index (κ2) is 7.95. The topological polar surface area (TPSA) is 92.9 Å². The molecule has 1 aliphatic heterocycles. The van der Waals surface area contributed by atoms with Gasteiger partial charge in [-0.3, -0.25) is 14.5 Å². The number of carbonyl (C=O) groups is 1. The van der Waals surface area contributed by atoms with E-state index in [9.17, 15) is 14.7 Å². The first-order valence-electron chi connectivity index (χ1n) is 11.2. The van der Waals surface area contributed by atoms with E-state index < -0.39 is 11.9 Å². The van der Waals surface area contributed by atoms with Gasteiger partial charge in [-0.25, -0.2) is 4.98 Å². The second-order valence-corrected chi connectivity index (χ2v) is 9.38. The summed E-state index contributed by atoms with van der Waals surface area (Å²) in [6.45, 7) is 4.17. The van der Waals surface area contributed by atoms with E-state index in [2.05, 4.69) is 0 Å². The van der Waals surface area contributed by atoms with Gasteiger partial charge in [0.2, 0.25) is 5.76 Å². The van der Waals surface area contributed by atoms with E-state index in [1.54, 1.807) is 36.4 Å². The highest BCUT2D eigenvalue weighted by Gasteiger charge is 2.45. The summed E-state index contributed by atoms with van der Waals surface area (Å²) in [6, 6.07) is 16.8. The van der Waals surface area contributed by atoms with Gasteiger partial charge in [0.25, 0.3) is 5.91 Å². The Morgan fingerprint density at radius 3 is 2.77 bits per heavy atom. The number of thiazole rings is 1. The van der Waals surface area contributed by atoms with Crippen molar-refractivity contribution in [1.82, 2.24) is 4.98 Å². The summed E-state index contributed by atoms with van der Waals surface area (Å²) < 4.78 is 12.5. The number of carbonyl (C=O) groups excluding carboxylic acids is 1. The Bertz CT molecular complexity index is 1700. The standard InChI is InChI=1S/C27H20N2O5S/c1-3-33-20-13-15(9-11-18(20)30)23-22-24(31)16-6-4-5-7-19(16)34-25(22)26(32)29(23)27-28-17-10-8-14(2)12-21(17)35-27/h4-13,23,30H,3H2,1-2H3/t23-/m1/s1. The van der Waals surface area contributed by atoms with Gasteiger partial charge in [0.15, 0.2) is 22.1 Å². The van der Waals surface area contributed by atoms with Crippen molar-refractivity contribution in [2.75, 3.05) is 11.5 Å². The number of phenols is 1. The number of aromatic hydroxyl groups is 1. The van der Waals surface area contributed by atoms with Gasteiger partial charge in [0.1, 0.15) is 5.58 Å². The molecule has 0 unspecified atom stereocenters. The Kier molecular flexibility index (Phi) is 4.86. The van der Waals surface area contributed by atoms with Crippen LogP contribution in [0.4, 0.5) is 5.13 Å². The third-order valence-corrected chi connectivity index (χ3v) is 7.13. The fourth-order valence-corrected chi connectivity index (χ4v) is 5.62. The van der Waals surface area contributed by atoms with Gasteiger partial charge in [-0.15, -0.1) is 0 Å². The maximum Gasteiger partial charge on any atom is 0.297 e. The smallest absolute Gasteiger partial charge is 0.297 e. The van der Waals surface area contributed by atoms with Crippen LogP contribution in [0.2, 0.25) is 0 Å². The molecule has 3 aromatic carbocycles. The number of aromatic nitrogens is 1. The summed E-state index contributed by atoms with van der Waals surface area (Å²) in [5.41, 5.74) is 2.79. The number of para-hydroxylation sites is 1. The molecule has 174 valence electrons. The van der Waals surface area contributed by atoms with Crippen molar-refractivity contribution >= 4 is 43.6 Å². The summed E-state index contributed by atoms with van der Waals surface area (Å²) >= 11 is 1.38. The molecule has 0 radical (unpaired) electrons. The predicted molar refractivity (Wildman–Crippen MR) is 135 cm³/mol. The zero-order valence-corrected chi connectivity index (χ0v) is 19.8. The van der Waals surface area contributed by atoms with E-state index in [1.165, 1.54) is 22.3 Å². The predicted octanol–water partition coefficient (Wildman–Crippen LogP) is 5.57. The van der Waals surface area contributed by atoms with Crippen molar-refractivity contribution in [3.8, 4) is 11.5 Å². The molecule has 0 saturated heterocycles. The molecular formula is C27H20N2O5S. The minimum absolute atomic E-state index is 0.000159. The van der Waals surface area contributed by atoms with E-state index in [4.69, 9.17) is 14.1 Å². The Morgan fingerprint density at radius 2 is 1.94 bits per heavy atom. The normalized spacial score (nSPS) is 15.2. The fourth-order valence-electron chi connectivity index (χ4n) is 4.53. The minimum Gasteiger partial charge on any atom is -0.504 e. The quantitative estimate of drug-likeness (QED) is 0.359. The number of ether oxygens (including phenoxy) is 1. The highest BCUT2D eigenvalue weighted by molar-refractivity contribution is 7.22. The number of fused-ring (bicyclic) bond motifs is 3. The number of nitrogens with zero attached hydrogens (tertiary/aromatic N) is 2. The van der Waals surface area contributed by atoms with Gasteiger partial charge in [0, 0.05) is 0 Å². The van der Waals surface area contributed by atoms with Crippen LogP contribution in [0.25, 0.3) is 21.2 Å². The Morgan fingerprint density at radius 1 is 1.11 bits per heavy atom. The molecule has 1 atom stereocenters. The molecule has 0 fully saturated rings. The first-order chi connectivity index (χ1) is 17.0. The number of phenolic OH excluding ortho intramolecular Hbond substituents is 1. The number of hydrogen-bond donors (Lipinski definition) is 1. The van der Waals surface area contributed by atoms with Crippen molar-refractivity contribution in [2.24, 2.45) is 0 Å². The van der Waals surface area contributed by atoms with Gasteiger partial charge < -0.3 is 14.3 Å². The lowest BCUT2D eigenvalue weighted by Crippen LogP contribution is -2.29. The summed E-state index contributed by atoms with van der Waals surface area (Å²) in [6.07, 6.45) is 0. The molecule has 8 heteroatoms. The number of rotatable bonds is 4. The van der Waals surface area contributed by atoms with Crippen LogP contribution in [0.3, 0.4) is 0 Å². The molecule has 0 spiro atoms. The number of hydrogen-bond acceptors (Lipinski definition) is 7. The van der Waals surface area contributed by atoms with Gasteiger partial charge in [-0.05, 0) is 61.4 Å². The van der Waals surface area contributed by atoms with Crippen LogP contribution in [0, 0.1) is 6.92 Å². The van der Waals surface area contributed by atoms with E-state index in [0.29, 0.717) is 28.3 Å². The number of anilines is 1. The molecule has 1 N–H and O–H groups in total. The highest BCUT2D eigenvalue weighted by atomic mass is 32.1. The van der Waals surface area contributed by atoms with Gasteiger partial charge in [-0.1, -0.05) is 35.6 Å². The summed E-state index contributed by atoms with van der Waals surface area (Å²) in [5.74, 6) is -0.182. The maximum atomic E-state index is 13.8. The van der Waals surface area contributed by atoms with Crippen LogP contribution in [0.5, 0.6) is 11.5 Å². The molecule has 5 aromatic rings. The molecule has 6 rings (SSSR count). The average Bonchev–Trinajstić information content (AvgIpc) is 3.39. The summed E-state index contributed by atoms with van der Waals surface area (Å²) in [5, 5.41) is 11.1. The fraction of sp³-hybridized carbons (Fsp3) is 0.148. The Hall–Kier alpha value is -4.17. The largest absolute Gasteiger partial charge is 0.504 e. The molecule has 1 amide bonds. The first kappa shape index (κ1) is 21.4. The molecule has 1 aliphatic rings. The second-order valence-electron chi connectivity index (χ2n) is 8.38. The lowest BCUT2D eigenvalue weighted by Gasteiger charge is -2.23. The van der Waals surface area contributed by atoms with E-state index in [1.807, 2.05) is 32.0 Å². The number of benzene rings is 3. The number of amides is 1. The monoisotopic (exact) mass is 484 g/mol.